The van der Waals surface area contributed by atoms with Crippen molar-refractivity contribution in [1.29, 1.82) is 0 Å². The Balaban J connectivity index is 1.40. The number of pyridine rings is 1. The van der Waals surface area contributed by atoms with Gasteiger partial charge in [-0.05, 0) is 43.2 Å². The summed E-state index contributed by atoms with van der Waals surface area (Å²) in [4.78, 5) is 47.3. The average Bonchev–Trinajstić information content (AvgIpc) is 3.61. The Labute approximate surface area is 262 Å². The number of hydrogen-bond acceptors (Lipinski definition) is 10. The summed E-state index contributed by atoms with van der Waals surface area (Å²) in [6.45, 7) is 2.72. The van der Waals surface area contributed by atoms with E-state index in [-0.39, 0.29) is 28.9 Å². The Morgan fingerprint density at radius 3 is 2.59 bits per heavy atom. The van der Waals surface area contributed by atoms with Crippen molar-refractivity contribution < 1.29 is 18.7 Å². The zero-order valence-corrected chi connectivity index (χ0v) is 25.6. The topological polar surface area (TPSA) is 152 Å². The van der Waals surface area contributed by atoms with E-state index in [4.69, 9.17) is 4.74 Å². The number of hydrogen-bond donors (Lipinski definition) is 2. The van der Waals surface area contributed by atoms with Gasteiger partial charge in [-0.15, -0.1) is 10.2 Å². The normalized spacial score (nSPS) is 14.5. The summed E-state index contributed by atoms with van der Waals surface area (Å²) in [5.41, 5.74) is 1.88. The van der Waals surface area contributed by atoms with Crippen LogP contribution in [-0.4, -0.2) is 79.9 Å². The fraction of sp³-hybridized carbons (Fsp3) is 0.258. The molecular weight excluding hydrogens is 595 g/mol. The molecule has 1 aliphatic rings. The Kier molecular flexibility index (Phi) is 8.04. The molecule has 1 aromatic carbocycles. The van der Waals surface area contributed by atoms with Gasteiger partial charge in [0.25, 0.3) is 11.5 Å². The second-order valence-electron chi connectivity index (χ2n) is 11.0. The number of nitrogens with one attached hydrogen (secondary N) is 2. The molecule has 0 unspecified atom stereocenters. The second-order valence-corrected chi connectivity index (χ2v) is 11.0. The van der Waals surface area contributed by atoms with Crippen LogP contribution in [-0.2, 0) is 11.3 Å². The number of aryl methyl sites for hydroxylation is 1. The van der Waals surface area contributed by atoms with Crippen molar-refractivity contribution in [1.82, 2.24) is 39.6 Å². The molecular formula is C31H31FN10O4. The van der Waals surface area contributed by atoms with Crippen LogP contribution in [0.25, 0.3) is 11.5 Å². The number of carbonyl (C=O) groups is 2. The van der Waals surface area contributed by atoms with Gasteiger partial charge < -0.3 is 25.2 Å². The predicted octanol–water partition coefficient (Wildman–Crippen LogP) is 2.47. The number of amides is 2. The van der Waals surface area contributed by atoms with Crippen molar-refractivity contribution in [3.05, 3.63) is 94.0 Å². The van der Waals surface area contributed by atoms with Gasteiger partial charge in [-0.3, -0.25) is 19.0 Å². The van der Waals surface area contributed by atoms with E-state index in [9.17, 15) is 18.8 Å². The van der Waals surface area contributed by atoms with Crippen LogP contribution in [0, 0.1) is 12.7 Å². The summed E-state index contributed by atoms with van der Waals surface area (Å²) in [7, 11) is 5.12. The van der Waals surface area contributed by atoms with Crippen LogP contribution in [0.1, 0.15) is 28.2 Å². The number of halogens is 1. The lowest BCUT2D eigenvalue weighted by Gasteiger charge is -2.21. The molecule has 0 spiro atoms. The molecule has 0 bridgehead atoms. The smallest absolute Gasteiger partial charge is 0.280 e. The third kappa shape index (κ3) is 5.94. The average molecular weight is 627 g/mol. The SMILES string of the molecule is COc1ccc(CN(C)c2cc(Nc3cc(F)cn(-c4ccc(C)nn4)c3=O)nn3c(C(=O)N[C@@H]4CCN(C)C4=O)cnc23)cc1. The molecule has 14 nitrogen and oxygen atoms in total. The standard InChI is InChI=1S/C31H31FN10O4/c1-18-5-10-27(37-36-18)41-17-20(32)13-23(31(41)45)34-26-14-24(40(3)16-19-6-8-21(46-4)9-7-19)28-33-15-25(42(28)38-26)29(43)35-22-11-12-39(2)30(22)44/h5-10,13-15,17,22H,11-12,16H2,1-4H3,(H,34,38)(H,35,43)/t22-/m1/s1. The molecule has 2 amide bonds. The number of fused-ring (bicyclic) bond motifs is 1. The molecule has 1 atom stereocenters. The molecule has 0 aliphatic carbocycles. The molecule has 0 saturated carbocycles. The van der Waals surface area contributed by atoms with Crippen LogP contribution >= 0.6 is 0 Å². The van der Waals surface area contributed by atoms with Gasteiger partial charge in [0.1, 0.15) is 23.3 Å². The summed E-state index contributed by atoms with van der Waals surface area (Å²) in [6, 6.07) is 12.8. The first kappa shape index (κ1) is 30.2. The number of aromatic nitrogens is 6. The van der Waals surface area contributed by atoms with Gasteiger partial charge in [-0.1, -0.05) is 12.1 Å². The molecule has 236 valence electrons. The molecule has 5 heterocycles. The number of methoxy groups -OCH3 is 1. The van der Waals surface area contributed by atoms with Gasteiger partial charge >= 0.3 is 0 Å². The summed E-state index contributed by atoms with van der Waals surface area (Å²) in [6.07, 6.45) is 2.88. The number of carbonyl (C=O) groups excluding carboxylic acids is 2. The van der Waals surface area contributed by atoms with Crippen molar-refractivity contribution in [2.45, 2.75) is 25.9 Å². The van der Waals surface area contributed by atoms with Gasteiger partial charge in [-0.25, -0.2) is 13.9 Å². The van der Waals surface area contributed by atoms with Crippen molar-refractivity contribution >= 4 is 34.7 Å². The summed E-state index contributed by atoms with van der Waals surface area (Å²) in [5, 5.41) is 18.2. The highest BCUT2D eigenvalue weighted by molar-refractivity contribution is 5.97. The minimum absolute atomic E-state index is 0.0756. The van der Waals surface area contributed by atoms with E-state index in [1.807, 2.05) is 36.2 Å². The van der Waals surface area contributed by atoms with E-state index in [2.05, 4.69) is 30.9 Å². The van der Waals surface area contributed by atoms with E-state index < -0.39 is 23.3 Å². The van der Waals surface area contributed by atoms with Crippen LogP contribution in [0.3, 0.4) is 0 Å². The Bertz CT molecular complexity index is 1990. The van der Waals surface area contributed by atoms with Crippen molar-refractivity contribution in [3.63, 3.8) is 0 Å². The molecule has 0 radical (unpaired) electrons. The quantitative estimate of drug-likeness (QED) is 0.250. The maximum atomic E-state index is 14.8. The van der Waals surface area contributed by atoms with E-state index >= 15 is 0 Å². The minimum Gasteiger partial charge on any atom is -0.497 e. The zero-order valence-electron chi connectivity index (χ0n) is 25.6. The fourth-order valence-electron chi connectivity index (χ4n) is 5.19. The van der Waals surface area contributed by atoms with Crippen LogP contribution in [0.15, 0.2) is 65.7 Å². The molecule has 1 saturated heterocycles. The number of imidazole rings is 1. The highest BCUT2D eigenvalue weighted by Crippen LogP contribution is 2.27. The third-order valence-electron chi connectivity index (χ3n) is 7.68. The van der Waals surface area contributed by atoms with Crippen molar-refractivity contribution in [2.24, 2.45) is 0 Å². The first-order valence-corrected chi connectivity index (χ1v) is 14.4. The third-order valence-corrected chi connectivity index (χ3v) is 7.68. The largest absolute Gasteiger partial charge is 0.497 e. The summed E-state index contributed by atoms with van der Waals surface area (Å²) in [5.74, 6) is -0.424. The van der Waals surface area contributed by atoms with Crippen molar-refractivity contribution in [3.8, 4) is 11.6 Å². The Morgan fingerprint density at radius 1 is 1.13 bits per heavy atom. The molecule has 5 aromatic rings. The number of likely N-dealkylation sites (tertiary alicyclic amines) is 1. The van der Waals surface area contributed by atoms with Gasteiger partial charge in [0.2, 0.25) is 5.91 Å². The van der Waals surface area contributed by atoms with Gasteiger partial charge in [0, 0.05) is 39.3 Å². The van der Waals surface area contributed by atoms with Gasteiger partial charge in [0.15, 0.2) is 23.0 Å². The number of ether oxygens (including phenoxy) is 1. The second kappa shape index (κ2) is 12.3. The fourth-order valence-corrected chi connectivity index (χ4v) is 5.19. The highest BCUT2D eigenvalue weighted by atomic mass is 19.1. The van der Waals surface area contributed by atoms with Crippen LogP contribution < -0.4 is 25.8 Å². The lowest BCUT2D eigenvalue weighted by Crippen LogP contribution is -2.41. The van der Waals surface area contributed by atoms with Gasteiger partial charge in [-0.2, -0.15) is 5.10 Å². The molecule has 1 fully saturated rings. The lowest BCUT2D eigenvalue weighted by atomic mass is 10.2. The molecule has 46 heavy (non-hydrogen) atoms. The number of likely N-dealkylation sites (N-methyl/N-ethyl adjacent to an activating group) is 1. The van der Waals surface area contributed by atoms with E-state index in [1.54, 1.807) is 44.2 Å². The lowest BCUT2D eigenvalue weighted by molar-refractivity contribution is -0.128. The number of anilines is 3. The molecule has 2 N–H and O–H groups in total. The first-order valence-electron chi connectivity index (χ1n) is 14.4. The number of nitrogens with zero attached hydrogens (tertiary/aromatic N) is 8. The zero-order chi connectivity index (χ0) is 32.5. The Morgan fingerprint density at radius 2 is 1.91 bits per heavy atom. The number of benzene rings is 1. The summed E-state index contributed by atoms with van der Waals surface area (Å²) >= 11 is 0. The first-order chi connectivity index (χ1) is 22.1. The molecule has 6 rings (SSSR count). The molecule has 1 aliphatic heterocycles. The summed E-state index contributed by atoms with van der Waals surface area (Å²) < 4.78 is 22.5. The predicted molar refractivity (Wildman–Crippen MR) is 167 cm³/mol. The Hall–Kier alpha value is -5.86. The molecule has 15 heteroatoms. The van der Waals surface area contributed by atoms with Crippen LogP contribution in [0.5, 0.6) is 5.75 Å². The van der Waals surface area contributed by atoms with Crippen LogP contribution in [0.4, 0.5) is 21.6 Å². The maximum absolute atomic E-state index is 14.8. The maximum Gasteiger partial charge on any atom is 0.280 e. The number of rotatable bonds is 9. The highest BCUT2D eigenvalue weighted by Gasteiger charge is 2.31. The molecule has 4 aromatic heterocycles. The van der Waals surface area contributed by atoms with E-state index in [0.717, 1.165) is 28.1 Å². The van der Waals surface area contributed by atoms with Crippen LogP contribution in [0.2, 0.25) is 0 Å². The monoisotopic (exact) mass is 626 g/mol. The van der Waals surface area contributed by atoms with Crippen molar-refractivity contribution in [2.75, 3.05) is 38.0 Å². The van der Waals surface area contributed by atoms with E-state index in [1.165, 1.54) is 10.7 Å². The van der Waals surface area contributed by atoms with Gasteiger partial charge in [0.05, 0.1) is 30.9 Å². The minimum atomic E-state index is -0.698. The van der Waals surface area contributed by atoms with E-state index in [0.29, 0.717) is 36.5 Å².